The van der Waals surface area contributed by atoms with Gasteiger partial charge in [-0.05, 0) is 0 Å². The molecule has 0 spiro atoms. The Balaban J connectivity index is 4.34. The van der Waals surface area contributed by atoms with E-state index in [1.165, 1.54) is 0 Å². The van der Waals surface area contributed by atoms with Gasteiger partial charge in [0.05, 0.1) is 6.42 Å². The molecule has 0 aromatic heterocycles. The summed E-state index contributed by atoms with van der Waals surface area (Å²) >= 11 is 0. The van der Waals surface area contributed by atoms with E-state index < -0.39 is 37.3 Å². The Bertz CT molecular complexity index is 263. The van der Waals surface area contributed by atoms with Gasteiger partial charge in [0.1, 0.15) is 0 Å². The molecular weight excluding hydrogens is 242 g/mol. The average Bonchev–Trinajstić information content (AvgIpc) is 2.12. The van der Waals surface area contributed by atoms with Crippen LogP contribution in [0.15, 0.2) is 12.7 Å². The quantitative estimate of drug-likeness (QED) is 0.411. The molecule has 0 N–H and O–H groups in total. The molecule has 0 aromatic carbocycles. The molecule has 2 nitrogen and oxygen atoms in total. The van der Waals surface area contributed by atoms with Gasteiger partial charge in [0.25, 0.3) is 5.92 Å². The van der Waals surface area contributed by atoms with Gasteiger partial charge in [0, 0.05) is 6.08 Å². The van der Waals surface area contributed by atoms with Gasteiger partial charge >= 0.3 is 18.3 Å². The molecule has 0 amide bonds. The molecule has 0 aromatic rings. The second kappa shape index (κ2) is 5.22. The molecule has 0 rings (SSSR count). The Morgan fingerprint density at radius 1 is 1.31 bits per heavy atom. The summed E-state index contributed by atoms with van der Waals surface area (Å²) in [5.74, 6) is -10.3. The number of rotatable bonds is 6. The number of alkyl halides is 6. The number of hydrogen-bond donors (Lipinski definition) is 0. The van der Waals surface area contributed by atoms with Crippen LogP contribution in [0.5, 0.6) is 0 Å². The van der Waals surface area contributed by atoms with Gasteiger partial charge in [-0.2, -0.15) is 0 Å². The third kappa shape index (κ3) is 5.04. The highest BCUT2D eigenvalue weighted by Gasteiger charge is 2.50. The van der Waals surface area contributed by atoms with Crippen LogP contribution in [0, 0.1) is 0 Å². The van der Waals surface area contributed by atoms with Crippen LogP contribution >= 0.6 is 0 Å². The third-order valence-corrected chi connectivity index (χ3v) is 1.41. The Kier molecular flexibility index (Phi) is 4.82. The van der Waals surface area contributed by atoms with Crippen molar-refractivity contribution in [2.24, 2.45) is 0 Å². The summed E-state index contributed by atoms with van der Waals surface area (Å²) in [6.45, 7) is 1.18. The van der Waals surface area contributed by atoms with Crippen LogP contribution in [0.25, 0.3) is 0 Å². The molecule has 0 aliphatic carbocycles. The number of halogens is 6. The molecule has 0 aliphatic rings. The van der Waals surface area contributed by atoms with Gasteiger partial charge in [0.2, 0.25) is 0 Å². The normalized spacial score (nSPS) is 12.7. The molecule has 0 bridgehead atoms. The molecular formula is C8H8F6O2. The van der Waals surface area contributed by atoms with Gasteiger partial charge in [-0.25, -0.2) is 31.1 Å². The molecule has 0 fully saturated rings. The third-order valence-electron chi connectivity index (χ3n) is 1.41. The van der Waals surface area contributed by atoms with Crippen molar-refractivity contribution in [3.05, 3.63) is 12.7 Å². The monoisotopic (exact) mass is 250 g/mol. The van der Waals surface area contributed by atoms with E-state index in [4.69, 9.17) is 0 Å². The molecule has 0 aliphatic heterocycles. The summed E-state index contributed by atoms with van der Waals surface area (Å²) < 4.78 is 76.8. The topological polar surface area (TPSA) is 26.3 Å². The van der Waals surface area contributed by atoms with Crippen molar-refractivity contribution in [1.29, 1.82) is 0 Å². The van der Waals surface area contributed by atoms with Crippen LogP contribution in [0.3, 0.4) is 0 Å². The van der Waals surface area contributed by atoms with E-state index in [1.807, 2.05) is 0 Å². The van der Waals surface area contributed by atoms with Crippen LogP contribution < -0.4 is 0 Å². The van der Waals surface area contributed by atoms with Crippen molar-refractivity contribution in [2.45, 2.75) is 24.7 Å². The van der Waals surface area contributed by atoms with Gasteiger partial charge in [-0.15, -0.1) is 0 Å². The minimum atomic E-state index is -4.83. The van der Waals surface area contributed by atoms with Crippen LogP contribution in [0.4, 0.5) is 26.3 Å². The highest BCUT2D eigenvalue weighted by Crippen LogP contribution is 2.35. The summed E-state index contributed by atoms with van der Waals surface area (Å²) in [5, 5.41) is 0. The van der Waals surface area contributed by atoms with E-state index in [2.05, 4.69) is 11.3 Å². The van der Waals surface area contributed by atoms with Crippen molar-refractivity contribution in [3.8, 4) is 0 Å². The summed E-state index contributed by atoms with van der Waals surface area (Å²) in [6.07, 6.45) is -6.04. The van der Waals surface area contributed by atoms with E-state index in [0.717, 1.165) is 0 Å². The van der Waals surface area contributed by atoms with Crippen molar-refractivity contribution in [2.75, 3.05) is 6.61 Å². The lowest BCUT2D eigenvalue weighted by Crippen LogP contribution is -2.38. The molecule has 0 saturated carbocycles. The molecule has 94 valence electrons. The number of carbonyl (C=O) groups is 1. The number of esters is 1. The van der Waals surface area contributed by atoms with E-state index in [1.54, 1.807) is 0 Å². The molecule has 0 heterocycles. The minimum Gasteiger partial charge on any atom is -0.456 e. The highest BCUT2D eigenvalue weighted by molar-refractivity contribution is 5.81. The van der Waals surface area contributed by atoms with Gasteiger partial charge < -0.3 is 4.74 Å². The fraction of sp³-hybridized carbons (Fsp3) is 0.625. The summed E-state index contributed by atoms with van der Waals surface area (Å²) in [7, 11) is 0. The van der Waals surface area contributed by atoms with Crippen LogP contribution in [-0.2, 0) is 9.53 Å². The molecule has 8 heteroatoms. The lowest BCUT2D eigenvalue weighted by atomic mass is 10.1. The summed E-state index contributed by atoms with van der Waals surface area (Å²) in [4.78, 5) is 10.3. The predicted molar refractivity (Wildman–Crippen MR) is 41.7 cm³/mol. The Morgan fingerprint density at radius 2 is 1.81 bits per heavy atom. The largest absolute Gasteiger partial charge is 0.456 e. The zero-order valence-electron chi connectivity index (χ0n) is 7.86. The van der Waals surface area contributed by atoms with E-state index >= 15 is 0 Å². The Morgan fingerprint density at radius 3 is 2.19 bits per heavy atom. The van der Waals surface area contributed by atoms with Crippen LogP contribution in [0.1, 0.15) is 6.42 Å². The summed E-state index contributed by atoms with van der Waals surface area (Å²) in [6, 6.07) is 0. The number of carbonyl (C=O) groups excluding carboxylic acids is 1. The first-order valence-electron chi connectivity index (χ1n) is 3.94. The van der Waals surface area contributed by atoms with Gasteiger partial charge in [-0.1, -0.05) is 6.58 Å². The summed E-state index contributed by atoms with van der Waals surface area (Å²) in [5.41, 5.74) is 0. The maximum absolute atomic E-state index is 12.7. The fourth-order valence-corrected chi connectivity index (χ4v) is 0.709. The zero-order valence-corrected chi connectivity index (χ0v) is 7.86. The number of ether oxygens (including phenoxy) is 1. The lowest BCUT2D eigenvalue weighted by Gasteiger charge is -2.21. The van der Waals surface area contributed by atoms with Gasteiger partial charge in [0.15, 0.2) is 6.61 Å². The van der Waals surface area contributed by atoms with Crippen molar-refractivity contribution >= 4 is 5.97 Å². The first kappa shape index (κ1) is 14.8. The van der Waals surface area contributed by atoms with Gasteiger partial charge in [-0.3, -0.25) is 0 Å². The smallest absolute Gasteiger partial charge is 0.330 e. The predicted octanol–water partition coefficient (Wildman–Crippen LogP) is 2.64. The molecule has 0 saturated heterocycles. The van der Waals surface area contributed by atoms with E-state index in [-0.39, 0.29) is 0 Å². The first-order valence-corrected chi connectivity index (χ1v) is 3.94. The molecule has 16 heavy (non-hydrogen) atoms. The Hall–Kier alpha value is -1.21. The molecule has 0 radical (unpaired) electrons. The first-order chi connectivity index (χ1) is 7.10. The van der Waals surface area contributed by atoms with E-state index in [0.29, 0.717) is 6.08 Å². The molecule has 0 atom stereocenters. The fourth-order valence-electron chi connectivity index (χ4n) is 0.709. The maximum atomic E-state index is 12.7. The zero-order chi connectivity index (χ0) is 13.0. The van der Waals surface area contributed by atoms with E-state index in [9.17, 15) is 31.1 Å². The highest BCUT2D eigenvalue weighted by atomic mass is 19.3. The minimum absolute atomic E-state index is 0.543. The standard InChI is InChI=1S/C8H8F6O2/c1-2-5(15)16-4-7(11,12)3-8(13,14)6(9)10/h2,6H,1,3-4H2. The van der Waals surface area contributed by atoms with Crippen LogP contribution in [0.2, 0.25) is 0 Å². The van der Waals surface area contributed by atoms with Crippen LogP contribution in [-0.4, -0.2) is 30.8 Å². The maximum Gasteiger partial charge on any atom is 0.330 e. The molecule has 0 unspecified atom stereocenters. The lowest BCUT2D eigenvalue weighted by molar-refractivity contribution is -0.194. The average molecular weight is 250 g/mol. The number of hydrogen-bond acceptors (Lipinski definition) is 2. The Labute approximate surface area is 86.9 Å². The van der Waals surface area contributed by atoms with Crippen molar-refractivity contribution < 1.29 is 35.9 Å². The second-order valence-corrected chi connectivity index (χ2v) is 2.91. The van der Waals surface area contributed by atoms with Crippen molar-refractivity contribution in [1.82, 2.24) is 0 Å². The van der Waals surface area contributed by atoms with Crippen molar-refractivity contribution in [3.63, 3.8) is 0 Å². The second-order valence-electron chi connectivity index (χ2n) is 2.91. The SMILES string of the molecule is C=CC(=O)OCC(F)(F)CC(F)(F)C(F)F.